The first-order valence-corrected chi connectivity index (χ1v) is 4.91. The summed E-state index contributed by atoms with van der Waals surface area (Å²) in [5.74, 6) is -2.37. The zero-order valence-electron chi connectivity index (χ0n) is 9.26. The molecule has 0 heterocycles. The first kappa shape index (κ1) is 12.4. The molecular formula is C12H13F2NO. The molecule has 4 heteroatoms. The Labute approximate surface area is 93.5 Å². The number of halogens is 2. The summed E-state index contributed by atoms with van der Waals surface area (Å²) in [6.45, 7) is 1.71. The number of alkyl halides is 2. The number of methoxy groups -OCH3 is 1. The average molecular weight is 225 g/mol. The molecule has 0 saturated carbocycles. The molecule has 0 N–H and O–H groups in total. The van der Waals surface area contributed by atoms with Gasteiger partial charge in [-0.15, -0.1) is 0 Å². The Hall–Kier alpha value is -1.63. The highest BCUT2D eigenvalue weighted by Gasteiger charge is 2.31. The molecule has 0 amide bonds. The van der Waals surface area contributed by atoms with Crippen molar-refractivity contribution in [1.82, 2.24) is 0 Å². The van der Waals surface area contributed by atoms with Gasteiger partial charge in [0.15, 0.2) is 0 Å². The van der Waals surface area contributed by atoms with Gasteiger partial charge in [0.1, 0.15) is 5.75 Å². The maximum absolute atomic E-state index is 13.6. The number of hydrogen-bond donors (Lipinski definition) is 0. The highest BCUT2D eigenvalue weighted by Crippen LogP contribution is 2.34. The predicted molar refractivity (Wildman–Crippen MR) is 56.5 cm³/mol. The van der Waals surface area contributed by atoms with Crippen LogP contribution in [0.2, 0.25) is 0 Å². The van der Waals surface area contributed by atoms with Crippen molar-refractivity contribution in [3.05, 3.63) is 29.3 Å². The molecule has 0 aromatic heterocycles. The lowest BCUT2D eigenvalue weighted by atomic mass is 10.0. The first-order valence-electron chi connectivity index (χ1n) is 4.91. The topological polar surface area (TPSA) is 33.0 Å². The highest BCUT2D eigenvalue weighted by molar-refractivity contribution is 5.37. The maximum Gasteiger partial charge on any atom is 0.274 e. The van der Waals surface area contributed by atoms with Crippen molar-refractivity contribution in [2.45, 2.75) is 25.7 Å². The Kier molecular flexibility index (Phi) is 3.83. The van der Waals surface area contributed by atoms with Gasteiger partial charge in [-0.2, -0.15) is 5.26 Å². The van der Waals surface area contributed by atoms with E-state index in [4.69, 9.17) is 10.00 Å². The van der Waals surface area contributed by atoms with E-state index in [0.717, 1.165) is 0 Å². The largest absolute Gasteiger partial charge is 0.496 e. The zero-order chi connectivity index (χ0) is 12.2. The van der Waals surface area contributed by atoms with Crippen LogP contribution in [0.1, 0.15) is 24.0 Å². The van der Waals surface area contributed by atoms with Crippen molar-refractivity contribution in [2.24, 2.45) is 0 Å². The van der Waals surface area contributed by atoms with E-state index in [0.29, 0.717) is 11.3 Å². The molecule has 1 rings (SSSR count). The molecule has 1 aromatic carbocycles. The molecule has 0 unspecified atom stereocenters. The minimum Gasteiger partial charge on any atom is -0.496 e. The summed E-state index contributed by atoms with van der Waals surface area (Å²) >= 11 is 0. The third-order valence-corrected chi connectivity index (χ3v) is 2.37. The van der Waals surface area contributed by atoms with Crippen LogP contribution in [0.15, 0.2) is 18.2 Å². The van der Waals surface area contributed by atoms with E-state index >= 15 is 0 Å². The SMILES string of the molecule is COc1ccc(C(F)(F)CCC#N)cc1C. The van der Waals surface area contributed by atoms with E-state index in [1.54, 1.807) is 13.0 Å². The first-order chi connectivity index (χ1) is 7.51. The summed E-state index contributed by atoms with van der Waals surface area (Å²) in [7, 11) is 1.50. The number of ether oxygens (including phenoxy) is 1. The number of nitriles is 1. The lowest BCUT2D eigenvalue weighted by Crippen LogP contribution is -2.13. The molecule has 2 nitrogen and oxygen atoms in total. The van der Waals surface area contributed by atoms with Crippen LogP contribution in [0, 0.1) is 18.3 Å². The van der Waals surface area contributed by atoms with E-state index in [1.165, 1.54) is 25.3 Å². The third-order valence-electron chi connectivity index (χ3n) is 2.37. The molecule has 16 heavy (non-hydrogen) atoms. The minimum absolute atomic E-state index is 0.0685. The van der Waals surface area contributed by atoms with Crippen LogP contribution in [0.3, 0.4) is 0 Å². The van der Waals surface area contributed by atoms with Gasteiger partial charge in [-0.05, 0) is 30.7 Å². The number of rotatable bonds is 4. The number of aryl methyl sites for hydroxylation is 1. The van der Waals surface area contributed by atoms with Gasteiger partial charge in [-0.1, -0.05) is 0 Å². The molecule has 86 valence electrons. The van der Waals surface area contributed by atoms with Gasteiger partial charge in [0, 0.05) is 18.4 Å². The minimum atomic E-state index is -2.95. The molecule has 0 saturated heterocycles. The monoisotopic (exact) mass is 225 g/mol. The molecule has 0 aliphatic heterocycles. The second-order valence-corrected chi connectivity index (χ2v) is 3.55. The van der Waals surface area contributed by atoms with Crippen LogP contribution in [-0.4, -0.2) is 7.11 Å². The molecule has 0 fully saturated rings. The van der Waals surface area contributed by atoms with Crippen molar-refractivity contribution < 1.29 is 13.5 Å². The van der Waals surface area contributed by atoms with Crippen LogP contribution in [0.4, 0.5) is 8.78 Å². The summed E-state index contributed by atoms with van der Waals surface area (Å²) in [4.78, 5) is 0. The lowest BCUT2D eigenvalue weighted by molar-refractivity contribution is -0.0120. The second-order valence-electron chi connectivity index (χ2n) is 3.55. The van der Waals surface area contributed by atoms with Crippen molar-refractivity contribution in [3.8, 4) is 11.8 Å². The van der Waals surface area contributed by atoms with Gasteiger partial charge in [0.25, 0.3) is 5.92 Å². The van der Waals surface area contributed by atoms with E-state index in [2.05, 4.69) is 0 Å². The lowest BCUT2D eigenvalue weighted by Gasteiger charge is -2.16. The standard InChI is InChI=1S/C12H13F2NO/c1-9-8-10(4-5-11(9)16-2)12(13,14)6-3-7-15/h4-5,8H,3,6H2,1-2H3. The zero-order valence-corrected chi connectivity index (χ0v) is 9.26. The van der Waals surface area contributed by atoms with Crippen LogP contribution >= 0.6 is 0 Å². The Bertz CT molecular complexity index is 410. The molecule has 0 spiro atoms. The summed E-state index contributed by atoms with van der Waals surface area (Å²) in [5.41, 5.74) is 0.595. The molecule has 0 atom stereocenters. The smallest absolute Gasteiger partial charge is 0.274 e. The summed E-state index contributed by atoms with van der Waals surface area (Å²) in [5, 5.41) is 8.31. The molecular weight excluding hydrogens is 212 g/mol. The van der Waals surface area contributed by atoms with E-state index in [-0.39, 0.29) is 12.0 Å². The van der Waals surface area contributed by atoms with Crippen LogP contribution in [0.25, 0.3) is 0 Å². The molecule has 0 aliphatic rings. The summed E-state index contributed by atoms with van der Waals surface area (Å²) < 4.78 is 32.1. The quantitative estimate of drug-likeness (QED) is 0.786. The summed E-state index contributed by atoms with van der Waals surface area (Å²) in [6, 6.07) is 5.98. The van der Waals surface area contributed by atoms with Crippen LogP contribution in [-0.2, 0) is 5.92 Å². The van der Waals surface area contributed by atoms with E-state index < -0.39 is 12.3 Å². The number of benzene rings is 1. The van der Waals surface area contributed by atoms with Crippen molar-refractivity contribution in [2.75, 3.05) is 7.11 Å². The predicted octanol–water partition coefficient (Wildman–Crippen LogP) is 3.40. The van der Waals surface area contributed by atoms with Crippen molar-refractivity contribution in [3.63, 3.8) is 0 Å². The molecule has 0 bridgehead atoms. The fourth-order valence-electron chi connectivity index (χ4n) is 1.46. The number of hydrogen-bond acceptors (Lipinski definition) is 2. The fourth-order valence-corrected chi connectivity index (χ4v) is 1.46. The van der Waals surface area contributed by atoms with Gasteiger partial charge in [0.2, 0.25) is 0 Å². The van der Waals surface area contributed by atoms with Crippen LogP contribution < -0.4 is 4.74 Å². The third kappa shape index (κ3) is 2.69. The van der Waals surface area contributed by atoms with E-state index in [1.807, 2.05) is 0 Å². The van der Waals surface area contributed by atoms with Crippen molar-refractivity contribution >= 4 is 0 Å². The van der Waals surface area contributed by atoms with E-state index in [9.17, 15) is 8.78 Å². The Morgan fingerprint density at radius 3 is 2.62 bits per heavy atom. The molecule has 0 aliphatic carbocycles. The maximum atomic E-state index is 13.6. The normalized spacial score (nSPS) is 10.9. The average Bonchev–Trinajstić information content (AvgIpc) is 2.26. The Morgan fingerprint density at radius 1 is 1.44 bits per heavy atom. The van der Waals surface area contributed by atoms with Gasteiger partial charge >= 0.3 is 0 Å². The number of nitrogens with zero attached hydrogens (tertiary/aromatic N) is 1. The highest BCUT2D eigenvalue weighted by atomic mass is 19.3. The Balaban J connectivity index is 2.96. The summed E-state index contributed by atoms with van der Waals surface area (Å²) in [6.07, 6.45) is -0.604. The van der Waals surface area contributed by atoms with Crippen LogP contribution in [0.5, 0.6) is 5.75 Å². The van der Waals surface area contributed by atoms with Gasteiger partial charge < -0.3 is 4.74 Å². The van der Waals surface area contributed by atoms with Gasteiger partial charge in [-0.25, -0.2) is 8.78 Å². The Morgan fingerprint density at radius 2 is 2.12 bits per heavy atom. The van der Waals surface area contributed by atoms with Crippen molar-refractivity contribution in [1.29, 1.82) is 5.26 Å². The fraction of sp³-hybridized carbons (Fsp3) is 0.417. The van der Waals surface area contributed by atoms with Gasteiger partial charge in [0.05, 0.1) is 13.2 Å². The van der Waals surface area contributed by atoms with Gasteiger partial charge in [-0.3, -0.25) is 0 Å². The molecule has 1 aromatic rings. The second kappa shape index (κ2) is 4.93. The molecule has 0 radical (unpaired) electrons.